The highest BCUT2D eigenvalue weighted by Gasteiger charge is 2.07. The zero-order valence-corrected chi connectivity index (χ0v) is 16.1. The summed E-state index contributed by atoms with van der Waals surface area (Å²) in [4.78, 5) is 16.2. The molecule has 0 aliphatic heterocycles. The van der Waals surface area contributed by atoms with Crippen LogP contribution in [0.5, 0.6) is 5.75 Å². The minimum Gasteiger partial charge on any atom is -0.497 e. The molecule has 28 heavy (non-hydrogen) atoms. The van der Waals surface area contributed by atoms with Crippen LogP contribution >= 0.6 is 11.8 Å². The lowest BCUT2D eigenvalue weighted by Crippen LogP contribution is -2.24. The summed E-state index contributed by atoms with van der Waals surface area (Å²) in [7, 11) is 1.62. The number of aromatic nitrogens is 3. The molecule has 3 aromatic rings. The molecule has 0 fully saturated rings. The number of hydrogen-bond acceptors (Lipinski definition) is 7. The third-order valence-electron chi connectivity index (χ3n) is 3.63. The molecule has 0 radical (unpaired) electrons. The summed E-state index contributed by atoms with van der Waals surface area (Å²) in [6.45, 7) is 0.501. The fraction of sp³-hybridized carbons (Fsp3) is 0.158. The van der Waals surface area contributed by atoms with Crippen LogP contribution in [0, 0.1) is 0 Å². The average molecular weight is 396 g/mol. The smallest absolute Gasteiger partial charge is 0.240 e. The lowest BCUT2D eigenvalue weighted by atomic mass is 10.2. The molecular formula is C19H20N6O2S. The summed E-state index contributed by atoms with van der Waals surface area (Å²) in [5.74, 6) is 1.34. The van der Waals surface area contributed by atoms with Gasteiger partial charge in [0.2, 0.25) is 17.0 Å². The van der Waals surface area contributed by atoms with Crippen molar-refractivity contribution in [3.63, 3.8) is 0 Å². The van der Waals surface area contributed by atoms with Crippen LogP contribution < -0.4 is 15.5 Å². The molecule has 0 aliphatic rings. The summed E-state index contributed by atoms with van der Waals surface area (Å²) in [6, 6.07) is 17.2. The van der Waals surface area contributed by atoms with Crippen LogP contribution in [0.15, 0.2) is 64.9 Å². The van der Waals surface area contributed by atoms with Crippen LogP contribution in [-0.2, 0) is 11.3 Å². The Morgan fingerprint density at radius 3 is 2.75 bits per heavy atom. The first-order chi connectivity index (χ1) is 13.7. The van der Waals surface area contributed by atoms with Crippen LogP contribution in [0.4, 0.5) is 5.95 Å². The molecule has 1 amide bonds. The molecule has 2 aromatic carbocycles. The predicted octanol–water partition coefficient (Wildman–Crippen LogP) is 2.67. The summed E-state index contributed by atoms with van der Waals surface area (Å²) >= 11 is 1.25. The number of ether oxygens (including phenoxy) is 1. The third-order valence-corrected chi connectivity index (χ3v) is 4.48. The fourth-order valence-corrected chi connectivity index (χ4v) is 2.82. The number of hydrazone groups is 1. The van der Waals surface area contributed by atoms with E-state index in [-0.39, 0.29) is 11.7 Å². The Balaban J connectivity index is 1.40. The van der Waals surface area contributed by atoms with Crippen molar-refractivity contribution in [3.05, 3.63) is 65.7 Å². The molecule has 3 N–H and O–H groups in total. The second-order valence-electron chi connectivity index (χ2n) is 5.66. The lowest BCUT2D eigenvalue weighted by Gasteiger charge is -2.03. The molecular weight excluding hydrogens is 376 g/mol. The molecule has 1 aromatic heterocycles. The number of methoxy groups -OCH3 is 1. The normalized spacial score (nSPS) is 10.8. The van der Waals surface area contributed by atoms with E-state index in [0.29, 0.717) is 17.6 Å². The minimum absolute atomic E-state index is 0.0781. The van der Waals surface area contributed by atoms with Gasteiger partial charge in [0, 0.05) is 6.54 Å². The van der Waals surface area contributed by atoms with E-state index in [0.717, 1.165) is 16.9 Å². The molecule has 0 saturated carbocycles. The average Bonchev–Trinajstić information content (AvgIpc) is 3.20. The summed E-state index contributed by atoms with van der Waals surface area (Å²) in [6.07, 6.45) is 1.66. The number of carbonyl (C=O) groups is 1. The van der Waals surface area contributed by atoms with Crippen molar-refractivity contribution in [2.45, 2.75) is 11.7 Å². The number of thioether (sulfide) groups is 1. The van der Waals surface area contributed by atoms with Gasteiger partial charge in [-0.05, 0) is 35.4 Å². The number of rotatable bonds is 9. The number of amides is 1. The second-order valence-corrected chi connectivity index (χ2v) is 6.60. The molecule has 0 atom stereocenters. The van der Waals surface area contributed by atoms with Crippen molar-refractivity contribution >= 4 is 29.8 Å². The lowest BCUT2D eigenvalue weighted by molar-refractivity contribution is -0.118. The van der Waals surface area contributed by atoms with Crippen LogP contribution in [0.2, 0.25) is 0 Å². The van der Waals surface area contributed by atoms with Crippen LogP contribution in [0.25, 0.3) is 0 Å². The van der Waals surface area contributed by atoms with Gasteiger partial charge in [-0.1, -0.05) is 42.1 Å². The Morgan fingerprint density at radius 2 is 2.00 bits per heavy atom. The van der Waals surface area contributed by atoms with Crippen molar-refractivity contribution in [2.75, 3.05) is 18.3 Å². The number of H-pyrrole nitrogens is 1. The molecule has 8 nitrogen and oxygen atoms in total. The quantitative estimate of drug-likeness (QED) is 0.292. The largest absolute Gasteiger partial charge is 0.497 e. The first-order valence-corrected chi connectivity index (χ1v) is 9.50. The van der Waals surface area contributed by atoms with Gasteiger partial charge in [0.25, 0.3) is 0 Å². The van der Waals surface area contributed by atoms with E-state index >= 15 is 0 Å². The van der Waals surface area contributed by atoms with Gasteiger partial charge in [-0.15, -0.1) is 5.10 Å². The SMILES string of the molecule is COc1ccc(/C=N\Nc2nc(SCC(=O)NCc3ccccc3)n[nH]2)cc1. The molecule has 3 rings (SSSR count). The molecule has 0 unspecified atom stereocenters. The maximum atomic E-state index is 11.9. The predicted molar refractivity (Wildman–Crippen MR) is 110 cm³/mol. The van der Waals surface area contributed by atoms with Crippen LogP contribution in [0.1, 0.15) is 11.1 Å². The van der Waals surface area contributed by atoms with Crippen LogP contribution in [-0.4, -0.2) is 40.2 Å². The maximum Gasteiger partial charge on any atom is 0.240 e. The number of nitrogens with zero attached hydrogens (tertiary/aromatic N) is 3. The Kier molecular flexibility index (Phi) is 7.02. The Bertz CT molecular complexity index is 912. The highest BCUT2D eigenvalue weighted by atomic mass is 32.2. The van der Waals surface area contributed by atoms with Crippen molar-refractivity contribution < 1.29 is 9.53 Å². The van der Waals surface area contributed by atoms with Crippen molar-refractivity contribution in [3.8, 4) is 5.75 Å². The second kappa shape index (κ2) is 10.1. The van der Waals surface area contributed by atoms with E-state index in [1.165, 1.54) is 11.8 Å². The number of benzene rings is 2. The van der Waals surface area contributed by atoms with Gasteiger partial charge in [-0.3, -0.25) is 4.79 Å². The Hall–Kier alpha value is -3.33. The summed E-state index contributed by atoms with van der Waals surface area (Å²) in [5, 5.41) is 14.2. The first kappa shape index (κ1) is 19.4. The van der Waals surface area contributed by atoms with E-state index in [1.54, 1.807) is 13.3 Å². The molecule has 1 heterocycles. The number of hydrogen-bond donors (Lipinski definition) is 3. The highest BCUT2D eigenvalue weighted by molar-refractivity contribution is 7.99. The molecule has 0 bridgehead atoms. The number of anilines is 1. The van der Waals surface area contributed by atoms with Crippen molar-refractivity contribution in [1.29, 1.82) is 0 Å². The van der Waals surface area contributed by atoms with Gasteiger partial charge >= 0.3 is 0 Å². The molecule has 9 heteroatoms. The topological polar surface area (TPSA) is 104 Å². The molecule has 0 saturated heterocycles. The first-order valence-electron chi connectivity index (χ1n) is 8.52. The zero-order valence-electron chi connectivity index (χ0n) is 15.3. The molecule has 0 aliphatic carbocycles. The van der Waals surface area contributed by atoms with Gasteiger partial charge in [0.05, 0.1) is 19.1 Å². The fourth-order valence-electron chi connectivity index (χ4n) is 2.20. The highest BCUT2D eigenvalue weighted by Crippen LogP contribution is 2.14. The maximum absolute atomic E-state index is 11.9. The monoisotopic (exact) mass is 396 g/mol. The van der Waals surface area contributed by atoms with E-state index < -0.39 is 0 Å². The van der Waals surface area contributed by atoms with Crippen LogP contribution in [0.3, 0.4) is 0 Å². The van der Waals surface area contributed by atoms with Gasteiger partial charge in [0.15, 0.2) is 0 Å². The van der Waals surface area contributed by atoms with Gasteiger partial charge in [0.1, 0.15) is 5.75 Å². The van der Waals surface area contributed by atoms with Gasteiger partial charge < -0.3 is 10.1 Å². The van der Waals surface area contributed by atoms with E-state index in [1.807, 2.05) is 54.6 Å². The van der Waals surface area contributed by atoms with Crippen molar-refractivity contribution in [2.24, 2.45) is 5.10 Å². The number of aromatic amines is 1. The standard InChI is InChI=1S/C19H20N6O2S/c1-27-16-9-7-15(8-10-16)12-21-23-18-22-19(25-24-18)28-13-17(26)20-11-14-5-3-2-4-6-14/h2-10,12H,11,13H2,1H3,(H,20,26)(H2,22,23,24,25)/b21-12-. The molecule has 0 spiro atoms. The zero-order chi connectivity index (χ0) is 19.6. The van der Waals surface area contributed by atoms with Gasteiger partial charge in [-0.25, -0.2) is 10.5 Å². The number of carbonyl (C=O) groups excluding carboxylic acids is 1. The number of nitrogens with one attached hydrogen (secondary N) is 3. The van der Waals surface area contributed by atoms with Gasteiger partial charge in [-0.2, -0.15) is 10.1 Å². The Morgan fingerprint density at radius 1 is 1.21 bits per heavy atom. The Labute approximate surface area is 166 Å². The van der Waals surface area contributed by atoms with E-state index in [9.17, 15) is 4.79 Å². The summed E-state index contributed by atoms with van der Waals surface area (Å²) < 4.78 is 5.11. The van der Waals surface area contributed by atoms with Crippen molar-refractivity contribution in [1.82, 2.24) is 20.5 Å². The molecule has 144 valence electrons. The third kappa shape index (κ3) is 6.13. The van der Waals surface area contributed by atoms with E-state index in [4.69, 9.17) is 4.74 Å². The minimum atomic E-state index is -0.0781. The summed E-state index contributed by atoms with van der Waals surface area (Å²) in [5.41, 5.74) is 4.74. The van der Waals surface area contributed by atoms with E-state index in [2.05, 4.69) is 31.0 Å².